The van der Waals surface area contributed by atoms with E-state index in [0.29, 0.717) is 13.0 Å². The second-order valence-corrected chi connectivity index (χ2v) is 3.22. The van der Waals surface area contributed by atoms with Crippen molar-refractivity contribution in [1.82, 2.24) is 4.98 Å². The molecule has 0 fully saturated rings. The Kier molecular flexibility index (Phi) is 4.11. The summed E-state index contributed by atoms with van der Waals surface area (Å²) in [5.41, 5.74) is 1.06. The van der Waals surface area contributed by atoms with Gasteiger partial charge in [-0.2, -0.15) is 0 Å². The zero-order valence-corrected chi connectivity index (χ0v) is 8.56. The molecule has 0 saturated carbocycles. The van der Waals surface area contributed by atoms with Crippen molar-refractivity contribution < 1.29 is 9.53 Å². The number of hydrogen-bond donors (Lipinski definition) is 0. The van der Waals surface area contributed by atoms with Crippen molar-refractivity contribution in [3.05, 3.63) is 30.1 Å². The fourth-order valence-corrected chi connectivity index (χ4v) is 1.24. The van der Waals surface area contributed by atoms with E-state index >= 15 is 0 Å². The molecule has 0 amide bonds. The van der Waals surface area contributed by atoms with Crippen LogP contribution in [0.25, 0.3) is 0 Å². The number of hydrogen-bond acceptors (Lipinski definition) is 3. The predicted molar refractivity (Wildman–Crippen MR) is 53.7 cm³/mol. The van der Waals surface area contributed by atoms with Crippen molar-refractivity contribution in [2.75, 3.05) is 6.61 Å². The molecule has 0 saturated heterocycles. The second kappa shape index (κ2) is 5.37. The van der Waals surface area contributed by atoms with Crippen molar-refractivity contribution >= 4 is 5.97 Å². The largest absolute Gasteiger partial charge is 0.466 e. The average Bonchev–Trinajstić information content (AvgIpc) is 2.19. The van der Waals surface area contributed by atoms with E-state index in [2.05, 4.69) is 4.98 Å². The van der Waals surface area contributed by atoms with Gasteiger partial charge in [-0.25, -0.2) is 0 Å². The first-order chi connectivity index (χ1) is 6.74. The first kappa shape index (κ1) is 10.7. The van der Waals surface area contributed by atoms with Gasteiger partial charge in [0.05, 0.1) is 12.5 Å². The number of esters is 1. The maximum atomic E-state index is 11.3. The summed E-state index contributed by atoms with van der Waals surface area (Å²) < 4.78 is 4.92. The first-order valence-corrected chi connectivity index (χ1v) is 4.79. The second-order valence-electron chi connectivity index (χ2n) is 3.22. The molecule has 1 unspecified atom stereocenters. The molecule has 0 bridgehead atoms. The van der Waals surface area contributed by atoms with Gasteiger partial charge in [0.1, 0.15) is 0 Å². The van der Waals surface area contributed by atoms with Crippen LogP contribution in [0, 0.1) is 5.92 Å². The van der Waals surface area contributed by atoms with Gasteiger partial charge >= 0.3 is 5.97 Å². The number of carbonyl (C=O) groups is 1. The van der Waals surface area contributed by atoms with Crippen molar-refractivity contribution in [1.29, 1.82) is 0 Å². The van der Waals surface area contributed by atoms with Crippen LogP contribution in [-0.4, -0.2) is 17.6 Å². The van der Waals surface area contributed by atoms with Crippen LogP contribution in [-0.2, 0) is 16.0 Å². The van der Waals surface area contributed by atoms with E-state index in [1.165, 1.54) is 0 Å². The first-order valence-electron chi connectivity index (χ1n) is 4.79. The maximum absolute atomic E-state index is 11.3. The highest BCUT2D eigenvalue weighted by Gasteiger charge is 2.13. The van der Waals surface area contributed by atoms with E-state index in [0.717, 1.165) is 5.56 Å². The van der Waals surface area contributed by atoms with Crippen molar-refractivity contribution in [3.8, 4) is 0 Å². The predicted octanol–water partition coefficient (Wildman–Crippen LogP) is 1.82. The maximum Gasteiger partial charge on any atom is 0.308 e. The van der Waals surface area contributed by atoms with E-state index < -0.39 is 0 Å². The van der Waals surface area contributed by atoms with E-state index in [1.807, 2.05) is 26.0 Å². The van der Waals surface area contributed by atoms with Gasteiger partial charge in [-0.05, 0) is 25.0 Å². The third kappa shape index (κ3) is 3.17. The molecular formula is C11H15NO2. The van der Waals surface area contributed by atoms with Gasteiger partial charge in [0.25, 0.3) is 0 Å². The minimum absolute atomic E-state index is 0.0980. The molecule has 1 atom stereocenters. The lowest BCUT2D eigenvalue weighted by Gasteiger charge is -2.09. The van der Waals surface area contributed by atoms with Crippen LogP contribution >= 0.6 is 0 Å². The Balaban J connectivity index is 2.49. The Bertz CT molecular complexity index is 285. The number of ether oxygens (including phenoxy) is 1. The summed E-state index contributed by atoms with van der Waals surface area (Å²) in [5.74, 6) is -0.240. The number of aromatic nitrogens is 1. The summed E-state index contributed by atoms with van der Waals surface area (Å²) in [6, 6.07) is 3.83. The minimum Gasteiger partial charge on any atom is -0.466 e. The van der Waals surface area contributed by atoms with Gasteiger partial charge in [-0.1, -0.05) is 13.0 Å². The quantitative estimate of drug-likeness (QED) is 0.685. The molecule has 0 aliphatic heterocycles. The fourth-order valence-electron chi connectivity index (χ4n) is 1.24. The van der Waals surface area contributed by atoms with E-state index in [9.17, 15) is 4.79 Å². The van der Waals surface area contributed by atoms with Gasteiger partial charge in [-0.15, -0.1) is 0 Å². The molecule has 0 aromatic carbocycles. The minimum atomic E-state index is -0.142. The number of nitrogens with zero attached hydrogens (tertiary/aromatic N) is 1. The molecule has 14 heavy (non-hydrogen) atoms. The summed E-state index contributed by atoms with van der Waals surface area (Å²) in [5, 5.41) is 0. The highest BCUT2D eigenvalue weighted by Crippen LogP contribution is 2.08. The monoisotopic (exact) mass is 193 g/mol. The fraction of sp³-hybridized carbons (Fsp3) is 0.455. The summed E-state index contributed by atoms with van der Waals surface area (Å²) in [6.07, 6.45) is 4.18. The molecule has 76 valence electrons. The zero-order chi connectivity index (χ0) is 10.4. The van der Waals surface area contributed by atoms with E-state index in [-0.39, 0.29) is 11.9 Å². The SMILES string of the molecule is CCOC(=O)C(C)Cc1cccnc1. The lowest BCUT2D eigenvalue weighted by molar-refractivity contribution is -0.147. The standard InChI is InChI=1S/C11H15NO2/c1-3-14-11(13)9(2)7-10-5-4-6-12-8-10/h4-6,8-9H,3,7H2,1-2H3. The Morgan fingerprint density at radius 2 is 2.43 bits per heavy atom. The molecule has 0 N–H and O–H groups in total. The lowest BCUT2D eigenvalue weighted by Crippen LogP contribution is -2.16. The smallest absolute Gasteiger partial charge is 0.308 e. The van der Waals surface area contributed by atoms with Crippen molar-refractivity contribution in [3.63, 3.8) is 0 Å². The molecule has 3 heteroatoms. The third-order valence-electron chi connectivity index (χ3n) is 1.95. The molecule has 0 aliphatic rings. The highest BCUT2D eigenvalue weighted by atomic mass is 16.5. The Morgan fingerprint density at radius 1 is 1.64 bits per heavy atom. The molecule has 1 heterocycles. The van der Waals surface area contributed by atoms with Gasteiger partial charge in [0.2, 0.25) is 0 Å². The molecule has 3 nitrogen and oxygen atoms in total. The summed E-state index contributed by atoms with van der Waals surface area (Å²) in [4.78, 5) is 15.3. The summed E-state index contributed by atoms with van der Waals surface area (Å²) >= 11 is 0. The number of carbonyl (C=O) groups excluding carboxylic acids is 1. The van der Waals surface area contributed by atoms with Crippen LogP contribution in [0.4, 0.5) is 0 Å². The normalized spacial score (nSPS) is 12.1. The van der Waals surface area contributed by atoms with Crippen LogP contribution in [0.15, 0.2) is 24.5 Å². The Labute approximate surface area is 84.1 Å². The molecule has 1 aromatic heterocycles. The summed E-state index contributed by atoms with van der Waals surface area (Å²) in [6.45, 7) is 4.12. The van der Waals surface area contributed by atoms with Gasteiger partial charge in [-0.3, -0.25) is 9.78 Å². The van der Waals surface area contributed by atoms with E-state index in [1.54, 1.807) is 12.4 Å². The molecule has 1 aromatic rings. The van der Waals surface area contributed by atoms with Crippen LogP contribution in [0.3, 0.4) is 0 Å². The third-order valence-corrected chi connectivity index (χ3v) is 1.95. The van der Waals surface area contributed by atoms with E-state index in [4.69, 9.17) is 4.74 Å². The van der Waals surface area contributed by atoms with Crippen LogP contribution < -0.4 is 0 Å². The topological polar surface area (TPSA) is 39.2 Å². The number of pyridine rings is 1. The number of rotatable bonds is 4. The van der Waals surface area contributed by atoms with Crippen molar-refractivity contribution in [2.24, 2.45) is 5.92 Å². The van der Waals surface area contributed by atoms with Gasteiger partial charge in [0, 0.05) is 12.4 Å². The summed E-state index contributed by atoms with van der Waals surface area (Å²) in [7, 11) is 0. The molecule has 0 radical (unpaired) electrons. The molecular weight excluding hydrogens is 178 g/mol. The van der Waals surface area contributed by atoms with Gasteiger partial charge in [0.15, 0.2) is 0 Å². The van der Waals surface area contributed by atoms with Crippen LogP contribution in [0.1, 0.15) is 19.4 Å². The molecule has 0 spiro atoms. The Hall–Kier alpha value is -1.38. The van der Waals surface area contributed by atoms with Crippen LogP contribution in [0.2, 0.25) is 0 Å². The zero-order valence-electron chi connectivity index (χ0n) is 8.56. The van der Waals surface area contributed by atoms with Gasteiger partial charge < -0.3 is 4.74 Å². The molecule has 1 rings (SSSR count). The Morgan fingerprint density at radius 3 is 3.00 bits per heavy atom. The average molecular weight is 193 g/mol. The van der Waals surface area contributed by atoms with Crippen LogP contribution in [0.5, 0.6) is 0 Å². The lowest BCUT2D eigenvalue weighted by atomic mass is 10.0. The highest BCUT2D eigenvalue weighted by molar-refractivity contribution is 5.72. The molecule has 0 aliphatic carbocycles. The van der Waals surface area contributed by atoms with Crippen molar-refractivity contribution in [2.45, 2.75) is 20.3 Å².